The first kappa shape index (κ1) is 12.2. The van der Waals surface area contributed by atoms with Crippen LogP contribution in [0.5, 0.6) is 0 Å². The minimum atomic E-state index is 0.512. The van der Waals surface area contributed by atoms with Crippen LogP contribution in [0.2, 0.25) is 0 Å². The fourth-order valence-electron chi connectivity index (χ4n) is 1.63. The Morgan fingerprint density at radius 1 is 1.53 bits per heavy atom. The number of aromatic nitrogens is 2. The average Bonchev–Trinajstić information content (AvgIpc) is 2.63. The molecule has 0 radical (unpaired) electrons. The first-order valence-electron chi connectivity index (χ1n) is 5.45. The highest BCUT2D eigenvalue weighted by Crippen LogP contribution is 2.13. The Hall–Kier alpha value is -0.870. The third-order valence-corrected chi connectivity index (χ3v) is 2.57. The molecular weight excluding hydrogens is 188 g/mol. The van der Waals surface area contributed by atoms with E-state index in [1.54, 1.807) is 0 Å². The molecular formula is C11H22N4. The summed E-state index contributed by atoms with van der Waals surface area (Å²) in [7, 11) is 6.17. The Labute approximate surface area is 92.3 Å². The Morgan fingerprint density at radius 3 is 2.87 bits per heavy atom. The first-order valence-corrected chi connectivity index (χ1v) is 5.45. The highest BCUT2D eigenvalue weighted by Gasteiger charge is 2.08. The van der Waals surface area contributed by atoms with Crippen LogP contribution < -0.4 is 5.32 Å². The molecule has 0 amide bonds. The van der Waals surface area contributed by atoms with Crippen LogP contribution in [-0.2, 0) is 6.54 Å². The molecule has 0 bridgehead atoms. The van der Waals surface area contributed by atoms with E-state index in [0.717, 1.165) is 19.5 Å². The second-order valence-electron chi connectivity index (χ2n) is 4.26. The van der Waals surface area contributed by atoms with Crippen molar-refractivity contribution in [2.45, 2.75) is 25.9 Å². The maximum atomic E-state index is 4.20. The molecule has 1 unspecified atom stereocenters. The first-order chi connectivity index (χ1) is 7.15. The molecule has 0 spiro atoms. The number of hydrogen-bond donors (Lipinski definition) is 1. The molecule has 1 rings (SSSR count). The molecule has 15 heavy (non-hydrogen) atoms. The molecule has 86 valence electrons. The zero-order valence-electron chi connectivity index (χ0n) is 10.2. The van der Waals surface area contributed by atoms with Crippen LogP contribution in [0.25, 0.3) is 0 Å². The zero-order chi connectivity index (χ0) is 11.3. The summed E-state index contributed by atoms with van der Waals surface area (Å²) in [5.41, 5.74) is 1.25. The minimum absolute atomic E-state index is 0.512. The largest absolute Gasteiger partial charge is 0.331 e. The van der Waals surface area contributed by atoms with Gasteiger partial charge >= 0.3 is 0 Å². The molecule has 0 saturated carbocycles. The summed E-state index contributed by atoms with van der Waals surface area (Å²) in [6, 6.07) is 0.512. The van der Waals surface area contributed by atoms with Gasteiger partial charge in [-0.2, -0.15) is 0 Å². The molecule has 0 aliphatic carbocycles. The molecule has 0 aliphatic rings. The zero-order valence-corrected chi connectivity index (χ0v) is 10.2. The second-order valence-corrected chi connectivity index (χ2v) is 4.26. The van der Waals surface area contributed by atoms with Crippen molar-refractivity contribution in [3.63, 3.8) is 0 Å². The van der Waals surface area contributed by atoms with Crippen LogP contribution in [0.15, 0.2) is 12.5 Å². The standard InChI is InChI=1S/C11H22N4/c1-10(5-6-14(3)4)15-9-13-8-11(15)7-12-2/h8-10,12H,5-7H2,1-4H3. The SMILES string of the molecule is CNCc1cncn1C(C)CCN(C)C. The van der Waals surface area contributed by atoms with E-state index in [9.17, 15) is 0 Å². The fourth-order valence-corrected chi connectivity index (χ4v) is 1.63. The molecule has 1 N–H and O–H groups in total. The predicted molar refractivity (Wildman–Crippen MR) is 62.9 cm³/mol. The van der Waals surface area contributed by atoms with E-state index < -0.39 is 0 Å². The highest BCUT2D eigenvalue weighted by atomic mass is 15.1. The molecule has 1 aromatic rings. The Bertz CT molecular complexity index is 280. The van der Waals surface area contributed by atoms with Crippen molar-refractivity contribution >= 4 is 0 Å². The third-order valence-electron chi connectivity index (χ3n) is 2.57. The van der Waals surface area contributed by atoms with Crippen LogP contribution in [0, 0.1) is 0 Å². The lowest BCUT2D eigenvalue weighted by atomic mass is 10.2. The van der Waals surface area contributed by atoms with Gasteiger partial charge in [0.2, 0.25) is 0 Å². The Kier molecular flexibility index (Phi) is 4.78. The van der Waals surface area contributed by atoms with Crippen LogP contribution in [0.3, 0.4) is 0 Å². The lowest BCUT2D eigenvalue weighted by Gasteiger charge is -2.18. The van der Waals surface area contributed by atoms with Crippen LogP contribution >= 0.6 is 0 Å². The smallest absolute Gasteiger partial charge is 0.0951 e. The van der Waals surface area contributed by atoms with Crippen LogP contribution in [-0.4, -0.2) is 42.1 Å². The van der Waals surface area contributed by atoms with E-state index in [2.05, 4.69) is 40.8 Å². The lowest BCUT2D eigenvalue weighted by Crippen LogP contribution is -2.19. The molecule has 4 nitrogen and oxygen atoms in total. The summed E-state index contributed by atoms with van der Waals surface area (Å²) in [6.45, 7) is 4.23. The van der Waals surface area contributed by atoms with Crippen molar-refractivity contribution in [2.75, 3.05) is 27.7 Å². The van der Waals surface area contributed by atoms with Crippen molar-refractivity contribution in [1.29, 1.82) is 0 Å². The molecule has 0 saturated heterocycles. The molecule has 0 aromatic carbocycles. The van der Waals surface area contributed by atoms with Gasteiger partial charge in [0.15, 0.2) is 0 Å². The van der Waals surface area contributed by atoms with Gasteiger partial charge in [-0.1, -0.05) is 0 Å². The van der Waals surface area contributed by atoms with E-state index in [0.29, 0.717) is 6.04 Å². The van der Waals surface area contributed by atoms with Gasteiger partial charge in [0.1, 0.15) is 0 Å². The second kappa shape index (κ2) is 5.88. The summed E-state index contributed by atoms with van der Waals surface area (Å²) in [5.74, 6) is 0. The predicted octanol–water partition coefficient (Wildman–Crippen LogP) is 1.12. The van der Waals surface area contributed by atoms with Crippen molar-refractivity contribution in [2.24, 2.45) is 0 Å². The molecule has 0 aliphatic heterocycles. The van der Waals surface area contributed by atoms with Gasteiger partial charge < -0.3 is 14.8 Å². The quantitative estimate of drug-likeness (QED) is 0.763. The summed E-state index contributed by atoms with van der Waals surface area (Å²) >= 11 is 0. The summed E-state index contributed by atoms with van der Waals surface area (Å²) < 4.78 is 2.25. The topological polar surface area (TPSA) is 33.1 Å². The number of nitrogens with one attached hydrogen (secondary N) is 1. The van der Waals surface area contributed by atoms with E-state index in [4.69, 9.17) is 0 Å². The van der Waals surface area contributed by atoms with Crippen molar-refractivity contribution < 1.29 is 0 Å². The minimum Gasteiger partial charge on any atom is -0.331 e. The monoisotopic (exact) mass is 210 g/mol. The molecule has 4 heteroatoms. The summed E-state index contributed by atoms with van der Waals surface area (Å²) in [5, 5.41) is 3.16. The summed E-state index contributed by atoms with van der Waals surface area (Å²) in [4.78, 5) is 6.41. The van der Waals surface area contributed by atoms with Gasteiger partial charge in [-0.15, -0.1) is 0 Å². The molecule has 1 atom stereocenters. The van der Waals surface area contributed by atoms with Crippen LogP contribution in [0.1, 0.15) is 25.1 Å². The average molecular weight is 210 g/mol. The maximum absolute atomic E-state index is 4.20. The summed E-state index contributed by atoms with van der Waals surface area (Å²) in [6.07, 6.45) is 5.01. The van der Waals surface area contributed by atoms with Gasteiger partial charge in [0.05, 0.1) is 12.0 Å². The normalized spacial score (nSPS) is 13.4. The van der Waals surface area contributed by atoms with Crippen molar-refractivity contribution in [3.05, 3.63) is 18.2 Å². The fraction of sp³-hybridized carbons (Fsp3) is 0.727. The molecule has 1 aromatic heterocycles. The Morgan fingerprint density at radius 2 is 2.27 bits per heavy atom. The van der Waals surface area contributed by atoms with E-state index in [1.165, 1.54) is 5.69 Å². The lowest BCUT2D eigenvalue weighted by molar-refractivity contribution is 0.354. The van der Waals surface area contributed by atoms with Gasteiger partial charge in [-0.3, -0.25) is 0 Å². The number of nitrogens with zero attached hydrogens (tertiary/aromatic N) is 3. The Balaban J connectivity index is 2.56. The highest BCUT2D eigenvalue weighted by molar-refractivity contribution is 4.99. The van der Waals surface area contributed by atoms with Crippen LogP contribution in [0.4, 0.5) is 0 Å². The van der Waals surface area contributed by atoms with Gasteiger partial charge in [0, 0.05) is 18.8 Å². The number of hydrogen-bond acceptors (Lipinski definition) is 3. The number of imidazole rings is 1. The van der Waals surface area contributed by atoms with E-state index >= 15 is 0 Å². The van der Waals surface area contributed by atoms with Gasteiger partial charge in [0.25, 0.3) is 0 Å². The van der Waals surface area contributed by atoms with Gasteiger partial charge in [-0.25, -0.2) is 4.98 Å². The van der Waals surface area contributed by atoms with E-state index in [1.807, 2.05) is 19.6 Å². The molecule has 1 heterocycles. The maximum Gasteiger partial charge on any atom is 0.0951 e. The third kappa shape index (κ3) is 3.64. The van der Waals surface area contributed by atoms with E-state index in [-0.39, 0.29) is 0 Å². The van der Waals surface area contributed by atoms with Gasteiger partial charge in [-0.05, 0) is 41.0 Å². The van der Waals surface area contributed by atoms with Crippen molar-refractivity contribution in [1.82, 2.24) is 19.8 Å². The van der Waals surface area contributed by atoms with Crippen molar-refractivity contribution in [3.8, 4) is 0 Å². The number of rotatable bonds is 6. The molecule has 0 fully saturated rings.